The SMILES string of the molecule is CC(C)NC(=O)CNC(=O)C1CNC1. The standard InChI is InChI=1S/C9H17N3O2/c1-6(2)12-8(13)5-11-9(14)7-3-10-4-7/h6-7,10H,3-5H2,1-2H3,(H,11,14)(H,12,13). The summed E-state index contributed by atoms with van der Waals surface area (Å²) < 4.78 is 0. The lowest BCUT2D eigenvalue weighted by Gasteiger charge is -2.25. The van der Waals surface area contributed by atoms with E-state index in [1.807, 2.05) is 13.8 Å². The number of carbonyl (C=O) groups excluding carboxylic acids is 2. The van der Waals surface area contributed by atoms with E-state index in [0.717, 1.165) is 13.1 Å². The van der Waals surface area contributed by atoms with Crippen LogP contribution in [0.1, 0.15) is 13.8 Å². The maximum atomic E-state index is 11.3. The number of hydrogen-bond donors (Lipinski definition) is 3. The quantitative estimate of drug-likeness (QED) is 0.535. The molecule has 80 valence electrons. The first-order valence-corrected chi connectivity index (χ1v) is 4.87. The molecule has 1 rings (SSSR count). The van der Waals surface area contributed by atoms with Crippen molar-refractivity contribution in [2.75, 3.05) is 19.6 Å². The van der Waals surface area contributed by atoms with Crippen LogP contribution in [-0.2, 0) is 9.59 Å². The van der Waals surface area contributed by atoms with E-state index >= 15 is 0 Å². The summed E-state index contributed by atoms with van der Waals surface area (Å²) in [5.74, 6) is -0.134. The Bertz CT molecular complexity index is 224. The van der Waals surface area contributed by atoms with Crippen molar-refractivity contribution in [3.05, 3.63) is 0 Å². The topological polar surface area (TPSA) is 70.2 Å². The Balaban J connectivity index is 2.12. The van der Waals surface area contributed by atoms with Crippen LogP contribution in [0.2, 0.25) is 0 Å². The predicted molar refractivity (Wildman–Crippen MR) is 52.6 cm³/mol. The molecule has 0 aromatic rings. The van der Waals surface area contributed by atoms with Crippen molar-refractivity contribution in [2.24, 2.45) is 5.92 Å². The summed E-state index contributed by atoms with van der Waals surface area (Å²) in [6.45, 7) is 5.29. The van der Waals surface area contributed by atoms with Gasteiger partial charge in [0.2, 0.25) is 11.8 Å². The minimum atomic E-state index is -0.138. The average molecular weight is 199 g/mol. The molecule has 3 N–H and O–H groups in total. The third-order valence-corrected chi connectivity index (χ3v) is 2.03. The first-order chi connectivity index (χ1) is 6.59. The number of rotatable bonds is 4. The van der Waals surface area contributed by atoms with Gasteiger partial charge in [-0.2, -0.15) is 0 Å². The van der Waals surface area contributed by atoms with Gasteiger partial charge in [0.05, 0.1) is 12.5 Å². The highest BCUT2D eigenvalue weighted by Crippen LogP contribution is 2.01. The van der Waals surface area contributed by atoms with Crippen LogP contribution in [0.3, 0.4) is 0 Å². The van der Waals surface area contributed by atoms with Gasteiger partial charge in [0.15, 0.2) is 0 Å². The predicted octanol–water partition coefficient (Wildman–Crippen LogP) is -1.15. The van der Waals surface area contributed by atoms with Gasteiger partial charge in [-0.15, -0.1) is 0 Å². The first-order valence-electron chi connectivity index (χ1n) is 4.87. The molecule has 0 radical (unpaired) electrons. The molecule has 1 aliphatic rings. The van der Waals surface area contributed by atoms with Gasteiger partial charge in [0.25, 0.3) is 0 Å². The molecular formula is C9H17N3O2. The van der Waals surface area contributed by atoms with Crippen molar-refractivity contribution in [2.45, 2.75) is 19.9 Å². The summed E-state index contributed by atoms with van der Waals surface area (Å²) in [6.07, 6.45) is 0. The second-order valence-electron chi connectivity index (χ2n) is 3.80. The fourth-order valence-corrected chi connectivity index (χ4v) is 1.16. The van der Waals surface area contributed by atoms with Crippen LogP contribution in [0.4, 0.5) is 0 Å². The Kier molecular flexibility index (Phi) is 3.88. The number of amides is 2. The molecule has 0 aliphatic carbocycles. The lowest BCUT2D eigenvalue weighted by atomic mass is 10.0. The molecule has 0 unspecified atom stereocenters. The van der Waals surface area contributed by atoms with Crippen LogP contribution in [0, 0.1) is 5.92 Å². The zero-order chi connectivity index (χ0) is 10.6. The fraction of sp³-hybridized carbons (Fsp3) is 0.778. The molecule has 1 saturated heterocycles. The average Bonchev–Trinajstić information content (AvgIpc) is 1.96. The van der Waals surface area contributed by atoms with Crippen molar-refractivity contribution >= 4 is 11.8 Å². The van der Waals surface area contributed by atoms with E-state index in [0.29, 0.717) is 0 Å². The van der Waals surface area contributed by atoms with Crippen molar-refractivity contribution in [1.82, 2.24) is 16.0 Å². The maximum Gasteiger partial charge on any atom is 0.239 e. The number of nitrogens with one attached hydrogen (secondary N) is 3. The van der Waals surface area contributed by atoms with E-state index in [2.05, 4.69) is 16.0 Å². The monoisotopic (exact) mass is 199 g/mol. The molecule has 0 aromatic heterocycles. The molecule has 0 atom stereocenters. The van der Waals surface area contributed by atoms with Crippen molar-refractivity contribution in [1.29, 1.82) is 0 Å². The Hall–Kier alpha value is -1.10. The molecule has 2 amide bonds. The molecule has 14 heavy (non-hydrogen) atoms. The van der Waals surface area contributed by atoms with Crippen LogP contribution in [-0.4, -0.2) is 37.5 Å². The zero-order valence-corrected chi connectivity index (χ0v) is 8.59. The van der Waals surface area contributed by atoms with E-state index < -0.39 is 0 Å². The molecule has 0 saturated carbocycles. The van der Waals surface area contributed by atoms with E-state index in [1.54, 1.807) is 0 Å². The third kappa shape index (κ3) is 3.33. The highest BCUT2D eigenvalue weighted by Gasteiger charge is 2.24. The lowest BCUT2D eigenvalue weighted by molar-refractivity contribution is -0.129. The molecular weight excluding hydrogens is 182 g/mol. The van der Waals surface area contributed by atoms with Crippen LogP contribution >= 0.6 is 0 Å². The smallest absolute Gasteiger partial charge is 0.239 e. The molecule has 1 aliphatic heterocycles. The molecule has 1 heterocycles. The van der Waals surface area contributed by atoms with Gasteiger partial charge in [-0.25, -0.2) is 0 Å². The van der Waals surface area contributed by atoms with Crippen molar-refractivity contribution in [3.8, 4) is 0 Å². The van der Waals surface area contributed by atoms with E-state index in [-0.39, 0.29) is 30.3 Å². The summed E-state index contributed by atoms with van der Waals surface area (Å²) in [4.78, 5) is 22.4. The second kappa shape index (κ2) is 4.95. The van der Waals surface area contributed by atoms with Gasteiger partial charge < -0.3 is 16.0 Å². The van der Waals surface area contributed by atoms with E-state index in [1.165, 1.54) is 0 Å². The summed E-state index contributed by atoms with van der Waals surface area (Å²) in [6, 6.07) is 0.116. The van der Waals surface area contributed by atoms with Crippen LogP contribution < -0.4 is 16.0 Å². The second-order valence-corrected chi connectivity index (χ2v) is 3.80. The largest absolute Gasteiger partial charge is 0.352 e. The number of hydrogen-bond acceptors (Lipinski definition) is 3. The van der Waals surface area contributed by atoms with Gasteiger partial charge in [0, 0.05) is 19.1 Å². The molecule has 0 aromatic carbocycles. The van der Waals surface area contributed by atoms with Crippen LogP contribution in [0.15, 0.2) is 0 Å². The fourth-order valence-electron chi connectivity index (χ4n) is 1.16. The summed E-state index contributed by atoms with van der Waals surface area (Å²) in [7, 11) is 0. The molecule has 1 fully saturated rings. The minimum absolute atomic E-state index is 0.0392. The van der Waals surface area contributed by atoms with Crippen LogP contribution in [0.25, 0.3) is 0 Å². The van der Waals surface area contributed by atoms with Gasteiger partial charge in [-0.3, -0.25) is 9.59 Å². The maximum absolute atomic E-state index is 11.3. The highest BCUT2D eigenvalue weighted by molar-refractivity contribution is 5.86. The van der Waals surface area contributed by atoms with Gasteiger partial charge in [-0.1, -0.05) is 0 Å². The molecule has 5 heteroatoms. The normalized spacial score (nSPS) is 16.2. The molecule has 5 nitrogen and oxygen atoms in total. The van der Waals surface area contributed by atoms with Crippen molar-refractivity contribution < 1.29 is 9.59 Å². The summed E-state index contributed by atoms with van der Waals surface area (Å²) in [5.41, 5.74) is 0. The minimum Gasteiger partial charge on any atom is -0.352 e. The number of carbonyl (C=O) groups is 2. The van der Waals surface area contributed by atoms with Gasteiger partial charge in [0.1, 0.15) is 0 Å². The first kappa shape index (κ1) is 11.0. The van der Waals surface area contributed by atoms with Crippen LogP contribution in [0.5, 0.6) is 0 Å². The Morgan fingerprint density at radius 2 is 2.07 bits per heavy atom. The summed E-state index contributed by atoms with van der Waals surface area (Å²) >= 11 is 0. The van der Waals surface area contributed by atoms with Crippen molar-refractivity contribution in [3.63, 3.8) is 0 Å². The molecule has 0 spiro atoms. The van der Waals surface area contributed by atoms with Gasteiger partial charge >= 0.3 is 0 Å². The van der Waals surface area contributed by atoms with E-state index in [4.69, 9.17) is 0 Å². The zero-order valence-electron chi connectivity index (χ0n) is 8.59. The Morgan fingerprint density at radius 1 is 1.43 bits per heavy atom. The molecule has 0 bridgehead atoms. The Morgan fingerprint density at radius 3 is 2.50 bits per heavy atom. The lowest BCUT2D eigenvalue weighted by Crippen LogP contribution is -2.52. The van der Waals surface area contributed by atoms with Gasteiger partial charge in [-0.05, 0) is 13.8 Å². The highest BCUT2D eigenvalue weighted by atomic mass is 16.2. The third-order valence-electron chi connectivity index (χ3n) is 2.03. The Labute approximate surface area is 83.6 Å². The summed E-state index contributed by atoms with van der Waals surface area (Å²) in [5, 5.41) is 8.30. The van der Waals surface area contributed by atoms with E-state index in [9.17, 15) is 9.59 Å².